The third-order valence-electron chi connectivity index (χ3n) is 2.82. The summed E-state index contributed by atoms with van der Waals surface area (Å²) in [5, 5.41) is 4.29. The SMILES string of the molecule is Brc1cnc(CNCC2CCCCS2)c(Br)c1. The molecule has 0 aliphatic carbocycles. The van der Waals surface area contributed by atoms with Crippen molar-refractivity contribution >= 4 is 43.6 Å². The lowest BCUT2D eigenvalue weighted by molar-refractivity contribution is 0.593. The predicted molar refractivity (Wildman–Crippen MR) is 81.4 cm³/mol. The first-order valence-electron chi connectivity index (χ1n) is 5.88. The van der Waals surface area contributed by atoms with Gasteiger partial charge in [0.25, 0.3) is 0 Å². The van der Waals surface area contributed by atoms with Crippen LogP contribution in [0.1, 0.15) is 25.0 Å². The summed E-state index contributed by atoms with van der Waals surface area (Å²) in [6, 6.07) is 2.04. The molecule has 17 heavy (non-hydrogen) atoms. The van der Waals surface area contributed by atoms with Crippen molar-refractivity contribution in [2.45, 2.75) is 31.1 Å². The van der Waals surface area contributed by atoms with E-state index in [1.54, 1.807) is 0 Å². The Morgan fingerprint density at radius 2 is 2.29 bits per heavy atom. The Balaban J connectivity index is 1.77. The fourth-order valence-corrected chi connectivity index (χ4v) is 4.29. The highest BCUT2D eigenvalue weighted by Gasteiger charge is 2.13. The van der Waals surface area contributed by atoms with Crippen LogP contribution in [-0.4, -0.2) is 22.5 Å². The fourth-order valence-electron chi connectivity index (χ4n) is 1.89. The van der Waals surface area contributed by atoms with E-state index in [4.69, 9.17) is 0 Å². The van der Waals surface area contributed by atoms with Gasteiger partial charge in [-0.1, -0.05) is 6.42 Å². The van der Waals surface area contributed by atoms with Crippen molar-refractivity contribution in [2.75, 3.05) is 12.3 Å². The lowest BCUT2D eigenvalue weighted by atomic mass is 10.2. The van der Waals surface area contributed by atoms with Gasteiger partial charge in [0.2, 0.25) is 0 Å². The van der Waals surface area contributed by atoms with Crippen molar-refractivity contribution in [1.29, 1.82) is 0 Å². The number of thioether (sulfide) groups is 1. The Labute approximate surface area is 124 Å². The Kier molecular flexibility index (Phi) is 5.80. The van der Waals surface area contributed by atoms with Crippen molar-refractivity contribution in [1.82, 2.24) is 10.3 Å². The maximum atomic E-state index is 4.40. The number of nitrogens with zero attached hydrogens (tertiary/aromatic N) is 1. The summed E-state index contributed by atoms with van der Waals surface area (Å²) in [5.41, 5.74) is 1.08. The molecule has 1 saturated heterocycles. The Bertz CT molecular complexity index is 368. The lowest BCUT2D eigenvalue weighted by Crippen LogP contribution is -2.26. The molecule has 0 amide bonds. The molecule has 2 nitrogen and oxygen atoms in total. The van der Waals surface area contributed by atoms with Crippen molar-refractivity contribution in [2.24, 2.45) is 0 Å². The van der Waals surface area contributed by atoms with Crippen molar-refractivity contribution in [3.05, 3.63) is 26.9 Å². The summed E-state index contributed by atoms with van der Waals surface area (Å²) in [6.07, 6.45) is 5.98. The summed E-state index contributed by atoms with van der Waals surface area (Å²) in [6.45, 7) is 1.93. The normalized spacial score (nSPS) is 20.5. The molecular formula is C12H16Br2N2S. The number of halogens is 2. The van der Waals surface area contributed by atoms with Crippen LogP contribution in [0.15, 0.2) is 21.2 Å². The molecule has 94 valence electrons. The van der Waals surface area contributed by atoms with E-state index in [1.165, 1.54) is 25.0 Å². The smallest absolute Gasteiger partial charge is 0.0684 e. The minimum absolute atomic E-state index is 0.790. The Morgan fingerprint density at radius 1 is 1.41 bits per heavy atom. The van der Waals surface area contributed by atoms with Crippen LogP contribution in [0, 0.1) is 0 Å². The zero-order valence-electron chi connectivity index (χ0n) is 9.59. The zero-order valence-corrected chi connectivity index (χ0v) is 13.6. The minimum Gasteiger partial charge on any atom is -0.310 e. The van der Waals surface area contributed by atoms with Crippen molar-refractivity contribution < 1.29 is 0 Å². The van der Waals surface area contributed by atoms with Gasteiger partial charge in [0.15, 0.2) is 0 Å². The van der Waals surface area contributed by atoms with Crippen LogP contribution in [0.5, 0.6) is 0 Å². The lowest BCUT2D eigenvalue weighted by Gasteiger charge is -2.21. The molecule has 1 aromatic rings. The molecular weight excluding hydrogens is 364 g/mol. The molecule has 0 spiro atoms. The summed E-state index contributed by atoms with van der Waals surface area (Å²) in [7, 11) is 0. The first-order chi connectivity index (χ1) is 8.25. The standard InChI is InChI=1S/C12H16Br2N2S/c13-9-5-11(14)12(16-6-9)8-15-7-10-3-1-2-4-17-10/h5-6,10,15H,1-4,7-8H2. The van der Waals surface area contributed by atoms with Gasteiger partial charge >= 0.3 is 0 Å². The minimum atomic E-state index is 0.790. The van der Waals surface area contributed by atoms with Crippen LogP contribution in [0.25, 0.3) is 0 Å². The second-order valence-corrected chi connectivity index (χ2v) is 7.38. The highest BCUT2D eigenvalue weighted by molar-refractivity contribution is 9.11. The molecule has 0 radical (unpaired) electrons. The summed E-state index contributed by atoms with van der Waals surface area (Å²) in [4.78, 5) is 4.40. The number of rotatable bonds is 4. The molecule has 1 aromatic heterocycles. The van der Waals surface area contributed by atoms with Crippen LogP contribution in [0.4, 0.5) is 0 Å². The highest BCUT2D eigenvalue weighted by atomic mass is 79.9. The number of hydrogen-bond acceptors (Lipinski definition) is 3. The van der Waals surface area contributed by atoms with Gasteiger partial charge in [0, 0.05) is 33.5 Å². The molecule has 0 bridgehead atoms. The first-order valence-corrected chi connectivity index (χ1v) is 8.51. The third kappa shape index (κ3) is 4.54. The van der Waals surface area contributed by atoms with Gasteiger partial charge < -0.3 is 5.32 Å². The van der Waals surface area contributed by atoms with E-state index in [0.29, 0.717) is 0 Å². The maximum absolute atomic E-state index is 4.40. The molecule has 2 rings (SSSR count). The van der Waals surface area contributed by atoms with Gasteiger partial charge in [-0.3, -0.25) is 4.98 Å². The third-order valence-corrected chi connectivity index (χ3v) is 5.34. The fraction of sp³-hybridized carbons (Fsp3) is 0.583. The zero-order chi connectivity index (χ0) is 12.1. The van der Waals surface area contributed by atoms with E-state index in [2.05, 4.69) is 53.9 Å². The predicted octanol–water partition coefficient (Wildman–Crippen LogP) is 3.98. The molecule has 1 aliphatic rings. The van der Waals surface area contributed by atoms with Crippen molar-refractivity contribution in [3.63, 3.8) is 0 Å². The van der Waals surface area contributed by atoms with Crippen LogP contribution in [0.2, 0.25) is 0 Å². The van der Waals surface area contributed by atoms with Crippen LogP contribution in [-0.2, 0) is 6.54 Å². The van der Waals surface area contributed by atoms with E-state index in [0.717, 1.165) is 33.0 Å². The molecule has 1 atom stereocenters. The van der Waals surface area contributed by atoms with Crippen LogP contribution in [0.3, 0.4) is 0 Å². The van der Waals surface area contributed by atoms with Gasteiger partial charge in [0.1, 0.15) is 0 Å². The summed E-state index contributed by atoms with van der Waals surface area (Å²) >= 11 is 9.05. The number of aromatic nitrogens is 1. The van der Waals surface area contributed by atoms with Gasteiger partial charge in [-0.15, -0.1) is 0 Å². The largest absolute Gasteiger partial charge is 0.310 e. The average molecular weight is 380 g/mol. The highest BCUT2D eigenvalue weighted by Crippen LogP contribution is 2.24. The number of hydrogen-bond donors (Lipinski definition) is 1. The second kappa shape index (κ2) is 7.12. The van der Waals surface area contributed by atoms with Crippen LogP contribution < -0.4 is 5.32 Å². The van der Waals surface area contributed by atoms with E-state index in [1.807, 2.05) is 12.3 Å². The molecule has 1 fully saturated rings. The number of pyridine rings is 1. The van der Waals surface area contributed by atoms with Gasteiger partial charge in [-0.25, -0.2) is 0 Å². The van der Waals surface area contributed by atoms with Gasteiger partial charge in [0.05, 0.1) is 5.69 Å². The molecule has 1 aliphatic heterocycles. The summed E-state index contributed by atoms with van der Waals surface area (Å²) in [5.74, 6) is 1.33. The summed E-state index contributed by atoms with van der Waals surface area (Å²) < 4.78 is 2.08. The van der Waals surface area contributed by atoms with Gasteiger partial charge in [-0.2, -0.15) is 11.8 Å². The average Bonchev–Trinajstić information content (AvgIpc) is 2.33. The van der Waals surface area contributed by atoms with E-state index >= 15 is 0 Å². The molecule has 5 heteroatoms. The van der Waals surface area contributed by atoms with E-state index in [-0.39, 0.29) is 0 Å². The first kappa shape index (κ1) is 13.8. The number of nitrogens with one attached hydrogen (secondary N) is 1. The molecule has 0 aromatic carbocycles. The second-order valence-electron chi connectivity index (χ2n) is 4.20. The van der Waals surface area contributed by atoms with Gasteiger partial charge in [-0.05, 0) is 56.5 Å². The monoisotopic (exact) mass is 378 g/mol. The molecule has 1 unspecified atom stereocenters. The maximum Gasteiger partial charge on any atom is 0.0684 e. The van der Waals surface area contributed by atoms with E-state index in [9.17, 15) is 0 Å². The van der Waals surface area contributed by atoms with Crippen molar-refractivity contribution in [3.8, 4) is 0 Å². The Hall–Kier alpha value is 0.420. The van der Waals surface area contributed by atoms with E-state index < -0.39 is 0 Å². The molecule has 2 heterocycles. The quantitative estimate of drug-likeness (QED) is 0.856. The Morgan fingerprint density at radius 3 is 3.00 bits per heavy atom. The molecule has 0 saturated carbocycles. The topological polar surface area (TPSA) is 24.9 Å². The molecule has 1 N–H and O–H groups in total. The van der Waals surface area contributed by atoms with Crippen LogP contribution >= 0.6 is 43.6 Å².